The van der Waals surface area contributed by atoms with Gasteiger partial charge in [-0.1, -0.05) is 23.1 Å². The quantitative estimate of drug-likeness (QED) is 0.464. The largest absolute Gasteiger partial charge is 0.455 e. The Bertz CT molecular complexity index is 741. The van der Waals surface area contributed by atoms with Crippen LogP contribution in [-0.2, 0) is 14.3 Å². The molecule has 2 unspecified atom stereocenters. The molecule has 2 atom stereocenters. The molecule has 0 bridgehead atoms. The second kappa shape index (κ2) is 6.90. The van der Waals surface area contributed by atoms with E-state index in [0.717, 1.165) is 14.9 Å². The highest BCUT2D eigenvalue weighted by Gasteiger charge is 2.52. The minimum absolute atomic E-state index is 0.187. The summed E-state index contributed by atoms with van der Waals surface area (Å²) < 4.78 is 6.36. The fourth-order valence-electron chi connectivity index (χ4n) is 2.49. The summed E-state index contributed by atoms with van der Waals surface area (Å²) in [7, 11) is 0. The second-order valence-corrected chi connectivity index (χ2v) is 10.3. The van der Waals surface area contributed by atoms with Crippen molar-refractivity contribution >= 4 is 46.7 Å². The molecule has 1 fully saturated rings. The van der Waals surface area contributed by atoms with Gasteiger partial charge in [0.25, 0.3) is 0 Å². The summed E-state index contributed by atoms with van der Waals surface area (Å²) in [5, 5.41) is 8.79. The van der Waals surface area contributed by atoms with Crippen LogP contribution in [0, 0.1) is 6.92 Å². The highest BCUT2D eigenvalue weighted by molar-refractivity contribution is 8.01. The molecule has 10 heteroatoms. The van der Waals surface area contributed by atoms with Gasteiger partial charge in [0.05, 0.1) is 0 Å². The summed E-state index contributed by atoms with van der Waals surface area (Å²) in [6, 6.07) is -0.553. The summed E-state index contributed by atoms with van der Waals surface area (Å²) in [6.07, 6.45) is 0. The first-order valence-electron chi connectivity index (χ1n) is 7.76. The predicted molar refractivity (Wildman–Crippen MR) is 99.3 cm³/mol. The molecule has 136 valence electrons. The number of hydrogen-bond acceptors (Lipinski definition) is 9. The fraction of sp³-hybridized carbons (Fsp3) is 0.600. The van der Waals surface area contributed by atoms with Crippen molar-refractivity contribution in [2.75, 3.05) is 11.5 Å². The van der Waals surface area contributed by atoms with Crippen molar-refractivity contribution < 1.29 is 14.3 Å². The predicted octanol–water partition coefficient (Wildman–Crippen LogP) is 1.78. The molecule has 0 saturated carbocycles. The summed E-state index contributed by atoms with van der Waals surface area (Å²) in [4.78, 5) is 26.4. The molecule has 1 saturated heterocycles. The highest BCUT2D eigenvalue weighted by atomic mass is 32.2. The molecule has 25 heavy (non-hydrogen) atoms. The van der Waals surface area contributed by atoms with Crippen LogP contribution in [0.15, 0.2) is 15.6 Å². The van der Waals surface area contributed by atoms with Crippen LogP contribution < -0.4 is 5.73 Å². The number of carbonyl (C=O) groups excluding carboxylic acids is 2. The van der Waals surface area contributed by atoms with Crippen molar-refractivity contribution in [1.29, 1.82) is 0 Å². The third-order valence-electron chi connectivity index (χ3n) is 3.56. The van der Waals surface area contributed by atoms with Gasteiger partial charge in [-0.3, -0.25) is 9.69 Å². The molecule has 0 spiro atoms. The third-order valence-corrected chi connectivity index (χ3v) is 6.98. The number of aromatic nitrogens is 2. The maximum absolute atomic E-state index is 12.7. The summed E-state index contributed by atoms with van der Waals surface area (Å²) >= 11 is 4.60. The Labute approximate surface area is 158 Å². The van der Waals surface area contributed by atoms with Gasteiger partial charge in [-0.25, -0.2) is 4.79 Å². The van der Waals surface area contributed by atoms with E-state index in [1.54, 1.807) is 11.8 Å². The zero-order chi connectivity index (χ0) is 18.4. The van der Waals surface area contributed by atoms with Gasteiger partial charge < -0.3 is 10.5 Å². The van der Waals surface area contributed by atoms with Crippen LogP contribution in [0.1, 0.15) is 25.8 Å². The molecule has 1 aromatic rings. The Morgan fingerprint density at radius 2 is 2.16 bits per heavy atom. The number of thioether (sulfide) groups is 2. The van der Waals surface area contributed by atoms with Gasteiger partial charge in [0.2, 0.25) is 5.91 Å². The Hall–Kier alpha value is -1.10. The Morgan fingerprint density at radius 1 is 1.44 bits per heavy atom. The van der Waals surface area contributed by atoms with Gasteiger partial charge in [-0.15, -0.1) is 22.0 Å². The standard InChI is InChI=1S/C15H20N4O3S3/c1-7-17-18-14(25-7)24-6-8-5-23-12-9(16)11(20)19(12)10(8)13(21)22-15(2,3)4/h9,12H,5-6,16H2,1-4H3. The third kappa shape index (κ3) is 3.86. The molecule has 3 rings (SSSR count). The lowest BCUT2D eigenvalue weighted by atomic mass is 10.0. The second-order valence-electron chi connectivity index (χ2n) is 6.77. The molecule has 3 heterocycles. The van der Waals surface area contributed by atoms with Crippen molar-refractivity contribution in [2.24, 2.45) is 5.73 Å². The van der Waals surface area contributed by atoms with E-state index in [0.29, 0.717) is 17.2 Å². The average molecular weight is 401 g/mol. The van der Waals surface area contributed by atoms with E-state index in [1.807, 2.05) is 27.7 Å². The van der Waals surface area contributed by atoms with Gasteiger partial charge in [-0.2, -0.15) is 0 Å². The van der Waals surface area contributed by atoms with Crippen LogP contribution >= 0.6 is 34.9 Å². The monoisotopic (exact) mass is 400 g/mol. The minimum Gasteiger partial charge on any atom is -0.455 e. The van der Waals surface area contributed by atoms with Crippen molar-refractivity contribution in [2.45, 2.75) is 49.1 Å². The van der Waals surface area contributed by atoms with Crippen LogP contribution in [0.5, 0.6) is 0 Å². The van der Waals surface area contributed by atoms with Gasteiger partial charge >= 0.3 is 5.97 Å². The zero-order valence-corrected chi connectivity index (χ0v) is 16.9. The SMILES string of the molecule is Cc1nnc(SCC2=C(C(=O)OC(C)(C)C)N3C(=O)C(N)C3SC2)s1. The number of esters is 1. The molecule has 1 amide bonds. The molecule has 0 aliphatic carbocycles. The number of ether oxygens (including phenoxy) is 1. The molecule has 7 nitrogen and oxygen atoms in total. The van der Waals surface area contributed by atoms with Crippen molar-refractivity contribution in [1.82, 2.24) is 15.1 Å². The van der Waals surface area contributed by atoms with Crippen molar-refractivity contribution in [3.05, 3.63) is 16.3 Å². The first-order chi connectivity index (χ1) is 11.7. The van der Waals surface area contributed by atoms with Crippen LogP contribution in [0.2, 0.25) is 0 Å². The number of fused-ring (bicyclic) bond motifs is 1. The number of carbonyl (C=O) groups is 2. The maximum Gasteiger partial charge on any atom is 0.355 e. The van der Waals surface area contributed by atoms with E-state index in [4.69, 9.17) is 10.5 Å². The van der Waals surface area contributed by atoms with E-state index in [-0.39, 0.29) is 11.3 Å². The Kier molecular flexibility index (Phi) is 5.16. The number of aryl methyl sites for hydroxylation is 1. The number of hydrogen-bond donors (Lipinski definition) is 1. The zero-order valence-electron chi connectivity index (χ0n) is 14.4. The fourth-order valence-corrected chi connectivity index (χ4v) is 5.74. The van der Waals surface area contributed by atoms with E-state index in [2.05, 4.69) is 10.2 Å². The number of amides is 1. The Morgan fingerprint density at radius 3 is 2.76 bits per heavy atom. The van der Waals surface area contributed by atoms with Gasteiger partial charge in [0.1, 0.15) is 27.7 Å². The number of nitrogens with two attached hydrogens (primary N) is 1. The molecular weight excluding hydrogens is 380 g/mol. The van der Waals surface area contributed by atoms with E-state index < -0.39 is 17.6 Å². The molecule has 2 aliphatic heterocycles. The van der Waals surface area contributed by atoms with Crippen LogP contribution in [0.25, 0.3) is 0 Å². The Balaban J connectivity index is 1.85. The lowest BCUT2D eigenvalue weighted by Crippen LogP contribution is -2.68. The lowest BCUT2D eigenvalue weighted by Gasteiger charge is -2.48. The van der Waals surface area contributed by atoms with Gasteiger partial charge in [0, 0.05) is 11.5 Å². The number of β-lactam (4-membered cyclic amide) rings is 1. The van der Waals surface area contributed by atoms with E-state index in [1.165, 1.54) is 28.0 Å². The summed E-state index contributed by atoms with van der Waals surface area (Å²) in [5.41, 5.74) is 6.46. The molecule has 0 radical (unpaired) electrons. The van der Waals surface area contributed by atoms with Crippen LogP contribution in [-0.4, -0.2) is 55.5 Å². The summed E-state index contributed by atoms with van der Waals surface area (Å²) in [6.45, 7) is 7.32. The van der Waals surface area contributed by atoms with Gasteiger partial charge in [-0.05, 0) is 33.3 Å². The number of rotatable bonds is 4. The normalized spacial score (nSPS) is 23.4. The average Bonchev–Trinajstić information content (AvgIpc) is 2.95. The summed E-state index contributed by atoms with van der Waals surface area (Å²) in [5.74, 6) is 0.498. The van der Waals surface area contributed by atoms with Crippen molar-refractivity contribution in [3.63, 3.8) is 0 Å². The highest BCUT2D eigenvalue weighted by Crippen LogP contribution is 2.41. The maximum atomic E-state index is 12.7. The minimum atomic E-state index is -0.630. The molecule has 0 aromatic carbocycles. The molecule has 2 N–H and O–H groups in total. The topological polar surface area (TPSA) is 98.4 Å². The number of nitrogens with zero attached hydrogens (tertiary/aromatic N) is 3. The van der Waals surface area contributed by atoms with Gasteiger partial charge in [0.15, 0.2) is 4.34 Å². The lowest BCUT2D eigenvalue weighted by molar-refractivity contribution is -0.157. The molecule has 1 aromatic heterocycles. The first-order valence-corrected chi connectivity index (χ1v) is 10.6. The first kappa shape index (κ1) is 18.7. The van der Waals surface area contributed by atoms with E-state index in [9.17, 15) is 9.59 Å². The smallest absolute Gasteiger partial charge is 0.355 e. The van der Waals surface area contributed by atoms with Crippen LogP contribution in [0.3, 0.4) is 0 Å². The molecule has 2 aliphatic rings. The van der Waals surface area contributed by atoms with Crippen LogP contribution in [0.4, 0.5) is 0 Å². The van der Waals surface area contributed by atoms with E-state index >= 15 is 0 Å². The molecular formula is C15H20N4O3S3. The van der Waals surface area contributed by atoms with Crippen molar-refractivity contribution in [3.8, 4) is 0 Å².